The molecule has 1 N–H and O–H groups in total. The molecule has 5 heteroatoms. The monoisotopic (exact) mass is 208 g/mol. The van der Waals surface area contributed by atoms with Gasteiger partial charge in [-0.2, -0.15) is 0 Å². The molecule has 1 aromatic rings. The number of esters is 1. The lowest BCUT2D eigenvalue weighted by Gasteiger charge is -2.05. The van der Waals surface area contributed by atoms with Crippen LogP contribution < -0.4 is 4.74 Å². The molecule has 5 nitrogen and oxygen atoms in total. The Morgan fingerprint density at radius 2 is 2.07 bits per heavy atom. The lowest BCUT2D eigenvalue weighted by Crippen LogP contribution is -2.07. The maximum Gasteiger partial charge on any atom is 0.339 e. The van der Waals surface area contributed by atoms with E-state index in [-0.39, 0.29) is 16.9 Å². The Balaban J connectivity index is 3.20. The summed E-state index contributed by atoms with van der Waals surface area (Å²) in [5.41, 5.74) is -0.00176. The highest BCUT2D eigenvalue weighted by Gasteiger charge is 2.13. The fourth-order valence-corrected chi connectivity index (χ4v) is 1.03. The molecule has 0 saturated carbocycles. The van der Waals surface area contributed by atoms with E-state index >= 15 is 0 Å². The van der Waals surface area contributed by atoms with Crippen molar-refractivity contribution < 1.29 is 24.2 Å². The summed E-state index contributed by atoms with van der Waals surface area (Å²) in [4.78, 5) is 31.8. The van der Waals surface area contributed by atoms with E-state index in [1.54, 1.807) is 0 Å². The summed E-state index contributed by atoms with van der Waals surface area (Å²) in [5, 5.41) is 8.79. The van der Waals surface area contributed by atoms with Crippen molar-refractivity contribution in [3.8, 4) is 5.75 Å². The van der Waals surface area contributed by atoms with E-state index in [1.165, 1.54) is 19.1 Å². The first-order valence-corrected chi connectivity index (χ1v) is 4.05. The molecule has 15 heavy (non-hydrogen) atoms. The minimum absolute atomic E-state index is 0.0689. The first kappa shape index (κ1) is 10.9. The van der Waals surface area contributed by atoms with Crippen LogP contribution in [0.1, 0.15) is 27.6 Å². The van der Waals surface area contributed by atoms with Crippen LogP contribution in [0.5, 0.6) is 5.75 Å². The molecule has 1 rings (SSSR count). The van der Waals surface area contributed by atoms with Gasteiger partial charge in [-0.15, -0.1) is 0 Å². The average molecular weight is 208 g/mol. The quantitative estimate of drug-likeness (QED) is 0.457. The van der Waals surface area contributed by atoms with Crippen LogP contribution in [0.3, 0.4) is 0 Å². The normalized spacial score (nSPS) is 9.40. The highest BCUT2D eigenvalue weighted by molar-refractivity contribution is 5.94. The predicted molar refractivity (Wildman–Crippen MR) is 50.1 cm³/mol. The number of carbonyl (C=O) groups is 3. The summed E-state index contributed by atoms with van der Waals surface area (Å²) in [7, 11) is 0. The second kappa shape index (κ2) is 4.36. The standard InChI is InChI=1S/C10H8O5/c1-6(12)15-9-3-2-7(5-11)4-8(9)10(13)14/h2-5H,1H3,(H,13,14). The van der Waals surface area contributed by atoms with Gasteiger partial charge in [-0.25, -0.2) is 4.79 Å². The van der Waals surface area contributed by atoms with E-state index in [0.717, 1.165) is 6.07 Å². The van der Waals surface area contributed by atoms with E-state index < -0.39 is 11.9 Å². The first-order chi connectivity index (χ1) is 7.04. The minimum atomic E-state index is -1.25. The summed E-state index contributed by atoms with van der Waals surface area (Å²) in [5.74, 6) is -1.94. The number of benzene rings is 1. The molecular weight excluding hydrogens is 200 g/mol. The summed E-state index contributed by atoms with van der Waals surface area (Å²) < 4.78 is 4.67. The number of aldehydes is 1. The molecule has 0 fully saturated rings. The summed E-state index contributed by atoms with van der Waals surface area (Å²) >= 11 is 0. The lowest BCUT2D eigenvalue weighted by atomic mass is 10.1. The van der Waals surface area contributed by atoms with Crippen LogP contribution in [-0.2, 0) is 4.79 Å². The van der Waals surface area contributed by atoms with Crippen molar-refractivity contribution in [2.45, 2.75) is 6.92 Å². The van der Waals surface area contributed by atoms with Crippen molar-refractivity contribution in [1.29, 1.82) is 0 Å². The molecule has 0 spiro atoms. The van der Waals surface area contributed by atoms with Crippen LogP contribution in [0, 0.1) is 0 Å². The van der Waals surface area contributed by atoms with Gasteiger partial charge in [0.2, 0.25) is 0 Å². The van der Waals surface area contributed by atoms with Gasteiger partial charge in [-0.05, 0) is 18.2 Å². The van der Waals surface area contributed by atoms with Gasteiger partial charge in [0, 0.05) is 12.5 Å². The topological polar surface area (TPSA) is 80.7 Å². The third-order valence-corrected chi connectivity index (χ3v) is 1.62. The number of hydrogen-bond donors (Lipinski definition) is 1. The predicted octanol–water partition coefficient (Wildman–Crippen LogP) is 1.12. The zero-order valence-corrected chi connectivity index (χ0v) is 7.89. The summed E-state index contributed by atoms with van der Waals surface area (Å²) in [6.45, 7) is 1.17. The van der Waals surface area contributed by atoms with Crippen molar-refractivity contribution >= 4 is 18.2 Å². The molecular formula is C10H8O5. The molecule has 0 saturated heterocycles. The highest BCUT2D eigenvalue weighted by Crippen LogP contribution is 2.19. The van der Waals surface area contributed by atoms with Crippen molar-refractivity contribution in [3.05, 3.63) is 29.3 Å². The van der Waals surface area contributed by atoms with E-state index in [4.69, 9.17) is 5.11 Å². The molecule has 0 amide bonds. The number of hydrogen-bond acceptors (Lipinski definition) is 4. The Morgan fingerprint density at radius 1 is 1.40 bits per heavy atom. The minimum Gasteiger partial charge on any atom is -0.478 e. The largest absolute Gasteiger partial charge is 0.478 e. The van der Waals surface area contributed by atoms with Gasteiger partial charge in [0.15, 0.2) is 0 Å². The van der Waals surface area contributed by atoms with Crippen molar-refractivity contribution in [2.75, 3.05) is 0 Å². The zero-order valence-electron chi connectivity index (χ0n) is 7.89. The van der Waals surface area contributed by atoms with Crippen LogP contribution in [0.4, 0.5) is 0 Å². The van der Waals surface area contributed by atoms with Crippen LogP contribution in [0.25, 0.3) is 0 Å². The second-order valence-electron chi connectivity index (χ2n) is 2.77. The fourth-order valence-electron chi connectivity index (χ4n) is 1.03. The molecule has 0 atom stereocenters. The van der Waals surface area contributed by atoms with Crippen molar-refractivity contribution in [2.24, 2.45) is 0 Å². The van der Waals surface area contributed by atoms with Gasteiger partial charge < -0.3 is 9.84 Å². The second-order valence-corrected chi connectivity index (χ2v) is 2.77. The van der Waals surface area contributed by atoms with Crippen LogP contribution in [-0.4, -0.2) is 23.3 Å². The van der Waals surface area contributed by atoms with Crippen LogP contribution in [0.15, 0.2) is 18.2 Å². The zero-order chi connectivity index (χ0) is 11.4. The SMILES string of the molecule is CC(=O)Oc1ccc(C=O)cc1C(=O)O. The van der Waals surface area contributed by atoms with Crippen molar-refractivity contribution in [3.63, 3.8) is 0 Å². The van der Waals surface area contributed by atoms with Gasteiger partial charge in [0.05, 0.1) is 0 Å². The lowest BCUT2D eigenvalue weighted by molar-refractivity contribution is -0.131. The number of ether oxygens (including phenoxy) is 1. The molecule has 0 aliphatic rings. The Morgan fingerprint density at radius 3 is 2.53 bits per heavy atom. The molecule has 0 unspecified atom stereocenters. The molecule has 1 aromatic carbocycles. The van der Waals surface area contributed by atoms with Gasteiger partial charge in [-0.1, -0.05) is 0 Å². The third-order valence-electron chi connectivity index (χ3n) is 1.62. The molecule has 78 valence electrons. The maximum absolute atomic E-state index is 10.8. The number of carbonyl (C=O) groups excluding carboxylic acids is 2. The first-order valence-electron chi connectivity index (χ1n) is 4.05. The van der Waals surface area contributed by atoms with Crippen molar-refractivity contribution in [1.82, 2.24) is 0 Å². The number of carboxylic acids is 1. The van der Waals surface area contributed by atoms with Gasteiger partial charge in [0.1, 0.15) is 17.6 Å². The van der Waals surface area contributed by atoms with Gasteiger partial charge >= 0.3 is 11.9 Å². The maximum atomic E-state index is 10.8. The molecule has 0 heterocycles. The van der Waals surface area contributed by atoms with E-state index in [1.807, 2.05) is 0 Å². The molecule has 0 aliphatic heterocycles. The van der Waals surface area contributed by atoms with E-state index in [9.17, 15) is 14.4 Å². The third kappa shape index (κ3) is 2.63. The molecule has 0 aliphatic carbocycles. The molecule has 0 radical (unpaired) electrons. The number of rotatable bonds is 3. The Kier molecular flexibility index (Phi) is 3.17. The number of aromatic carboxylic acids is 1. The smallest absolute Gasteiger partial charge is 0.339 e. The number of carboxylic acid groups (broad SMARTS) is 1. The van der Waals surface area contributed by atoms with Gasteiger partial charge in [0.25, 0.3) is 0 Å². The van der Waals surface area contributed by atoms with Crippen LogP contribution >= 0.6 is 0 Å². The highest BCUT2D eigenvalue weighted by atomic mass is 16.5. The summed E-state index contributed by atoms with van der Waals surface area (Å²) in [6, 6.07) is 3.79. The van der Waals surface area contributed by atoms with E-state index in [0.29, 0.717) is 6.29 Å². The van der Waals surface area contributed by atoms with Crippen LogP contribution in [0.2, 0.25) is 0 Å². The molecule has 0 aromatic heterocycles. The van der Waals surface area contributed by atoms with E-state index in [2.05, 4.69) is 4.74 Å². The molecule has 0 bridgehead atoms. The Bertz CT molecular complexity index is 422. The van der Waals surface area contributed by atoms with Gasteiger partial charge in [-0.3, -0.25) is 9.59 Å². The Hall–Kier alpha value is -2.17. The Labute approximate surface area is 85.3 Å². The fraction of sp³-hybridized carbons (Fsp3) is 0.100. The average Bonchev–Trinajstić information content (AvgIpc) is 2.17. The summed E-state index contributed by atoms with van der Waals surface area (Å²) in [6.07, 6.45) is 0.518.